The van der Waals surface area contributed by atoms with Gasteiger partial charge in [-0.3, -0.25) is 0 Å². The Bertz CT molecular complexity index is 414. The van der Waals surface area contributed by atoms with Gasteiger partial charge in [-0.2, -0.15) is 15.0 Å². The van der Waals surface area contributed by atoms with Crippen molar-refractivity contribution in [2.75, 3.05) is 36.5 Å². The Kier molecular flexibility index (Phi) is 8.78. The zero-order chi connectivity index (χ0) is 16.4. The molecule has 0 N–H and O–H groups in total. The van der Waals surface area contributed by atoms with Gasteiger partial charge >= 0.3 is 0 Å². The van der Waals surface area contributed by atoms with E-state index in [0.717, 1.165) is 43.8 Å². The van der Waals surface area contributed by atoms with E-state index in [0.29, 0.717) is 0 Å². The Balaban J connectivity index is 2.91. The molecule has 5 nitrogen and oxygen atoms in total. The minimum absolute atomic E-state index is 0.800. The van der Waals surface area contributed by atoms with Gasteiger partial charge in [0.25, 0.3) is 0 Å². The van der Waals surface area contributed by atoms with Crippen molar-refractivity contribution >= 4 is 11.9 Å². The number of anilines is 2. The molecule has 0 aliphatic rings. The SMILES string of the molecule is CCCCN(C)c1nc(C)nc(N(CCCC)CCCC)n1. The van der Waals surface area contributed by atoms with Crippen LogP contribution in [-0.2, 0) is 0 Å². The molecule has 22 heavy (non-hydrogen) atoms. The molecule has 0 atom stereocenters. The summed E-state index contributed by atoms with van der Waals surface area (Å²) in [6, 6.07) is 0. The molecule has 0 aliphatic carbocycles. The maximum Gasteiger partial charge on any atom is 0.230 e. The molecule has 1 aromatic heterocycles. The number of aromatic nitrogens is 3. The fraction of sp³-hybridized carbons (Fsp3) is 0.824. The van der Waals surface area contributed by atoms with Gasteiger partial charge in [0, 0.05) is 26.7 Å². The number of aryl methyl sites for hydroxylation is 1. The summed E-state index contributed by atoms with van der Waals surface area (Å²) >= 11 is 0. The second kappa shape index (κ2) is 10.4. The monoisotopic (exact) mass is 307 g/mol. The minimum Gasteiger partial charge on any atom is -0.344 e. The first-order valence-corrected chi connectivity index (χ1v) is 8.81. The van der Waals surface area contributed by atoms with Crippen LogP contribution in [0.4, 0.5) is 11.9 Å². The molecule has 0 radical (unpaired) electrons. The highest BCUT2D eigenvalue weighted by Gasteiger charge is 2.13. The van der Waals surface area contributed by atoms with E-state index < -0.39 is 0 Å². The van der Waals surface area contributed by atoms with E-state index in [9.17, 15) is 0 Å². The molecule has 0 unspecified atom stereocenters. The summed E-state index contributed by atoms with van der Waals surface area (Å²) in [7, 11) is 2.07. The third kappa shape index (κ3) is 6.16. The molecule has 0 spiro atoms. The van der Waals surface area contributed by atoms with Crippen LogP contribution in [0, 0.1) is 6.92 Å². The van der Waals surface area contributed by atoms with Crippen LogP contribution in [0.15, 0.2) is 0 Å². The van der Waals surface area contributed by atoms with Gasteiger partial charge < -0.3 is 9.80 Å². The van der Waals surface area contributed by atoms with Gasteiger partial charge in [-0.25, -0.2) is 0 Å². The highest BCUT2D eigenvalue weighted by Crippen LogP contribution is 2.15. The van der Waals surface area contributed by atoms with Gasteiger partial charge in [-0.15, -0.1) is 0 Å². The van der Waals surface area contributed by atoms with Gasteiger partial charge in [0.1, 0.15) is 5.82 Å². The van der Waals surface area contributed by atoms with Gasteiger partial charge in [-0.1, -0.05) is 40.0 Å². The highest BCUT2D eigenvalue weighted by atomic mass is 15.3. The van der Waals surface area contributed by atoms with Gasteiger partial charge in [0.05, 0.1) is 0 Å². The highest BCUT2D eigenvalue weighted by molar-refractivity contribution is 5.38. The number of hydrogen-bond acceptors (Lipinski definition) is 5. The van der Waals surface area contributed by atoms with E-state index >= 15 is 0 Å². The molecule has 1 aromatic rings. The molecule has 0 fully saturated rings. The number of rotatable bonds is 11. The summed E-state index contributed by atoms with van der Waals surface area (Å²) in [5.74, 6) is 2.45. The normalized spacial score (nSPS) is 10.8. The van der Waals surface area contributed by atoms with E-state index in [2.05, 4.69) is 47.6 Å². The van der Waals surface area contributed by atoms with Crippen LogP contribution in [0.25, 0.3) is 0 Å². The Labute approximate surface area is 136 Å². The van der Waals surface area contributed by atoms with Crippen LogP contribution in [0.5, 0.6) is 0 Å². The van der Waals surface area contributed by atoms with Gasteiger partial charge in [0.15, 0.2) is 0 Å². The summed E-state index contributed by atoms with van der Waals surface area (Å²) < 4.78 is 0. The van der Waals surface area contributed by atoms with E-state index in [-0.39, 0.29) is 0 Å². The molecule has 0 aromatic carbocycles. The van der Waals surface area contributed by atoms with E-state index in [1.165, 1.54) is 32.1 Å². The predicted molar refractivity (Wildman–Crippen MR) is 94.8 cm³/mol. The molecule has 1 rings (SSSR count). The summed E-state index contributed by atoms with van der Waals surface area (Å²) in [6.07, 6.45) is 7.07. The molecule has 0 saturated carbocycles. The number of hydrogen-bond donors (Lipinski definition) is 0. The topological polar surface area (TPSA) is 45.2 Å². The molecule has 1 heterocycles. The van der Waals surface area contributed by atoms with Crippen molar-refractivity contribution in [3.8, 4) is 0 Å². The second-order valence-corrected chi connectivity index (χ2v) is 5.95. The van der Waals surface area contributed by atoms with E-state index in [1.807, 2.05) is 6.92 Å². The van der Waals surface area contributed by atoms with Gasteiger partial charge in [-0.05, 0) is 26.2 Å². The molecule has 0 aliphatic heterocycles. The maximum atomic E-state index is 4.72. The fourth-order valence-corrected chi connectivity index (χ4v) is 2.27. The summed E-state index contributed by atoms with van der Waals surface area (Å²) in [6.45, 7) is 11.6. The smallest absolute Gasteiger partial charge is 0.230 e. The summed E-state index contributed by atoms with van der Waals surface area (Å²) in [5.41, 5.74) is 0. The zero-order valence-corrected chi connectivity index (χ0v) is 15.1. The van der Waals surface area contributed by atoms with Crippen molar-refractivity contribution in [1.29, 1.82) is 0 Å². The lowest BCUT2D eigenvalue weighted by Gasteiger charge is -2.24. The van der Waals surface area contributed by atoms with Crippen molar-refractivity contribution in [2.24, 2.45) is 0 Å². The average Bonchev–Trinajstić information content (AvgIpc) is 2.52. The fourth-order valence-electron chi connectivity index (χ4n) is 2.27. The van der Waals surface area contributed by atoms with Crippen LogP contribution in [0.2, 0.25) is 0 Å². The third-order valence-electron chi connectivity index (χ3n) is 3.76. The molecule has 0 amide bonds. The quantitative estimate of drug-likeness (QED) is 0.622. The largest absolute Gasteiger partial charge is 0.344 e. The van der Waals surface area contributed by atoms with Crippen molar-refractivity contribution in [1.82, 2.24) is 15.0 Å². The Morgan fingerprint density at radius 1 is 0.727 bits per heavy atom. The lowest BCUT2D eigenvalue weighted by Crippen LogP contribution is -2.29. The van der Waals surface area contributed by atoms with Crippen LogP contribution in [0.1, 0.15) is 65.1 Å². The predicted octanol–water partition coefficient (Wildman–Crippen LogP) is 3.82. The van der Waals surface area contributed by atoms with E-state index in [4.69, 9.17) is 4.98 Å². The zero-order valence-electron chi connectivity index (χ0n) is 15.1. The maximum absolute atomic E-state index is 4.72. The van der Waals surface area contributed by atoms with E-state index in [1.54, 1.807) is 0 Å². The Hall–Kier alpha value is -1.39. The average molecular weight is 307 g/mol. The van der Waals surface area contributed by atoms with Crippen molar-refractivity contribution in [2.45, 2.75) is 66.2 Å². The molecular formula is C17H33N5. The standard InChI is InChI=1S/C17H33N5/c1-6-9-12-21(5)16-18-15(4)19-17(20-16)22(13-10-7-2)14-11-8-3/h6-14H2,1-5H3. The van der Waals surface area contributed by atoms with Crippen molar-refractivity contribution in [3.05, 3.63) is 5.82 Å². The number of nitrogens with zero attached hydrogens (tertiary/aromatic N) is 5. The lowest BCUT2D eigenvalue weighted by atomic mass is 10.3. The minimum atomic E-state index is 0.800. The first-order chi connectivity index (χ1) is 10.6. The molecule has 0 saturated heterocycles. The molecular weight excluding hydrogens is 274 g/mol. The molecule has 126 valence electrons. The summed E-state index contributed by atoms with van der Waals surface area (Å²) in [5, 5.41) is 0. The van der Waals surface area contributed by atoms with Crippen molar-refractivity contribution in [3.63, 3.8) is 0 Å². The summed E-state index contributed by atoms with van der Waals surface area (Å²) in [4.78, 5) is 18.3. The second-order valence-electron chi connectivity index (χ2n) is 5.95. The molecule has 0 bridgehead atoms. The molecule has 5 heteroatoms. The van der Waals surface area contributed by atoms with Crippen LogP contribution in [-0.4, -0.2) is 41.6 Å². The first kappa shape index (κ1) is 18.7. The number of unbranched alkanes of at least 4 members (excludes halogenated alkanes) is 3. The first-order valence-electron chi connectivity index (χ1n) is 8.81. The Morgan fingerprint density at radius 3 is 1.77 bits per heavy atom. The lowest BCUT2D eigenvalue weighted by molar-refractivity contribution is 0.656. The third-order valence-corrected chi connectivity index (χ3v) is 3.76. The Morgan fingerprint density at radius 2 is 1.23 bits per heavy atom. The van der Waals surface area contributed by atoms with Crippen LogP contribution >= 0.6 is 0 Å². The van der Waals surface area contributed by atoms with Gasteiger partial charge in [0.2, 0.25) is 11.9 Å². The van der Waals surface area contributed by atoms with Crippen LogP contribution < -0.4 is 9.80 Å². The van der Waals surface area contributed by atoms with Crippen LogP contribution in [0.3, 0.4) is 0 Å². The van der Waals surface area contributed by atoms with Crippen molar-refractivity contribution < 1.29 is 0 Å².